The smallest absolute Gasteiger partial charge is 0.198 e. The van der Waals surface area contributed by atoms with E-state index in [-0.39, 0.29) is 0 Å². The minimum absolute atomic E-state index is 0.862. The van der Waals surface area contributed by atoms with E-state index in [9.17, 15) is 0 Å². The van der Waals surface area contributed by atoms with Gasteiger partial charge in [-0.15, -0.1) is 0 Å². The van der Waals surface area contributed by atoms with Gasteiger partial charge < -0.3 is 14.8 Å². The summed E-state index contributed by atoms with van der Waals surface area (Å²) in [6, 6.07) is 57.3. The van der Waals surface area contributed by atoms with Crippen LogP contribution in [0.2, 0.25) is 0 Å². The first-order valence-corrected chi connectivity index (χ1v) is 16.9. The Kier molecular flexibility index (Phi) is 5.90. The fraction of sp³-hybridized carbons (Fsp3) is 0. The highest BCUT2D eigenvalue weighted by Gasteiger charge is 2.34. The Bertz CT molecular complexity index is 2450. The number of nitrogens with zero attached hydrogens (tertiary/aromatic N) is 2. The van der Waals surface area contributed by atoms with Crippen LogP contribution in [0.4, 0.5) is 34.1 Å². The quantitative estimate of drug-likeness (QED) is 0.199. The van der Waals surface area contributed by atoms with Crippen molar-refractivity contribution in [3.05, 3.63) is 158 Å². The number of hydrogen-bond acceptors (Lipinski definition) is 3. The summed E-state index contributed by atoms with van der Waals surface area (Å²) in [5.41, 5.74) is 14.6. The van der Waals surface area contributed by atoms with E-state index in [1.165, 1.54) is 65.2 Å². The minimum atomic E-state index is 0.862. The molecule has 0 atom stereocenters. The van der Waals surface area contributed by atoms with Crippen LogP contribution in [0.15, 0.2) is 168 Å². The van der Waals surface area contributed by atoms with E-state index in [1.54, 1.807) is 0 Å². The lowest BCUT2D eigenvalue weighted by atomic mass is 9.58. The van der Waals surface area contributed by atoms with E-state index in [0.29, 0.717) is 0 Å². The predicted molar refractivity (Wildman–Crippen MR) is 201 cm³/mol. The highest BCUT2D eigenvalue weighted by molar-refractivity contribution is 7.99. The van der Waals surface area contributed by atoms with Gasteiger partial charge in [0.25, 0.3) is 0 Å². The molecule has 2 aliphatic rings. The van der Waals surface area contributed by atoms with Gasteiger partial charge in [-0.05, 0) is 71.7 Å². The van der Waals surface area contributed by atoms with Crippen LogP contribution in [-0.2, 0) is 0 Å². The lowest BCUT2D eigenvalue weighted by molar-refractivity contribution is 1.17. The fourth-order valence-corrected chi connectivity index (χ4v) is 8.66. The van der Waals surface area contributed by atoms with Crippen LogP contribution >= 0.6 is 11.8 Å². The molecule has 220 valence electrons. The molecule has 0 saturated heterocycles. The molecular weight excluding hydrogens is 589 g/mol. The second kappa shape index (κ2) is 10.4. The maximum Gasteiger partial charge on any atom is 0.198 e. The summed E-state index contributed by atoms with van der Waals surface area (Å²) >= 11 is 1.88. The van der Waals surface area contributed by atoms with Crippen molar-refractivity contribution in [2.75, 3.05) is 9.80 Å². The number of nitrogens with one attached hydrogen (secondary N) is 1. The third kappa shape index (κ3) is 4.10. The molecule has 1 N–H and O–H groups in total. The summed E-state index contributed by atoms with van der Waals surface area (Å²) in [6.45, 7) is 0. The third-order valence-electron chi connectivity index (χ3n) is 9.57. The molecule has 0 unspecified atom stereocenters. The summed E-state index contributed by atoms with van der Waals surface area (Å²) in [5.74, 6) is 0. The molecule has 10 rings (SSSR count). The molecule has 7 aromatic carbocycles. The van der Waals surface area contributed by atoms with E-state index in [1.807, 2.05) is 11.8 Å². The standard InChI is InChI=1S/C42H28BN3S/c1-3-13-27(14-4-1)45(28-15-5-2-6-16-28)29-25-33(32-19-11-18-31-30-17-7-8-21-35(30)44-41(31)32)40-37(26-29)46-36-22-9-10-23-38(36)47-39-24-12-20-34(43-40)42(39)46/h1-26,43-44H. The molecule has 8 aromatic rings. The van der Waals surface area contributed by atoms with Crippen LogP contribution in [0.3, 0.4) is 0 Å². The van der Waals surface area contributed by atoms with Gasteiger partial charge in [-0.25, -0.2) is 0 Å². The molecule has 0 amide bonds. The second-order valence-corrected chi connectivity index (χ2v) is 13.3. The Balaban J connectivity index is 1.32. The first kappa shape index (κ1) is 26.6. The van der Waals surface area contributed by atoms with Crippen molar-refractivity contribution in [3.8, 4) is 11.1 Å². The zero-order chi connectivity index (χ0) is 30.9. The topological polar surface area (TPSA) is 22.3 Å². The van der Waals surface area contributed by atoms with Gasteiger partial charge in [0.05, 0.1) is 16.9 Å². The first-order valence-electron chi connectivity index (χ1n) is 16.1. The molecule has 5 heteroatoms. The van der Waals surface area contributed by atoms with Crippen LogP contribution in [-0.4, -0.2) is 12.3 Å². The number of aromatic nitrogens is 1. The SMILES string of the molecule is B1c2cccc3c2N(c2ccccc2S3)c2cc(N(c3ccccc3)c3ccccc3)cc(-c3cccc4c3[nH]c3ccccc34)c21. The van der Waals surface area contributed by atoms with Crippen LogP contribution < -0.4 is 20.7 Å². The minimum Gasteiger partial charge on any atom is -0.354 e. The maximum atomic E-state index is 3.81. The van der Waals surface area contributed by atoms with Gasteiger partial charge in [-0.1, -0.05) is 114 Å². The van der Waals surface area contributed by atoms with Gasteiger partial charge in [-0.3, -0.25) is 0 Å². The van der Waals surface area contributed by atoms with E-state index in [4.69, 9.17) is 0 Å². The van der Waals surface area contributed by atoms with Gasteiger partial charge in [0.2, 0.25) is 0 Å². The molecule has 3 nitrogen and oxygen atoms in total. The molecule has 47 heavy (non-hydrogen) atoms. The lowest BCUT2D eigenvalue weighted by Gasteiger charge is -2.40. The Morgan fingerprint density at radius 1 is 0.532 bits per heavy atom. The second-order valence-electron chi connectivity index (χ2n) is 12.2. The summed E-state index contributed by atoms with van der Waals surface area (Å²) in [7, 11) is 0.862. The van der Waals surface area contributed by atoms with E-state index in [0.717, 1.165) is 29.9 Å². The van der Waals surface area contributed by atoms with Crippen LogP contribution in [0.25, 0.3) is 32.9 Å². The van der Waals surface area contributed by atoms with Crippen molar-refractivity contribution in [3.63, 3.8) is 0 Å². The molecule has 0 spiro atoms. The maximum absolute atomic E-state index is 3.81. The number of benzene rings is 7. The zero-order valence-electron chi connectivity index (χ0n) is 25.5. The normalized spacial score (nSPS) is 12.7. The lowest BCUT2D eigenvalue weighted by Crippen LogP contribution is -2.42. The Hall–Kier alpha value is -5.65. The monoisotopic (exact) mass is 617 g/mol. The molecule has 0 aliphatic carbocycles. The van der Waals surface area contributed by atoms with Gasteiger partial charge in [0.15, 0.2) is 7.28 Å². The van der Waals surface area contributed by atoms with E-state index < -0.39 is 0 Å². The summed E-state index contributed by atoms with van der Waals surface area (Å²) < 4.78 is 0. The van der Waals surface area contributed by atoms with E-state index in [2.05, 4.69) is 173 Å². The highest BCUT2D eigenvalue weighted by atomic mass is 32.2. The fourth-order valence-electron chi connectivity index (χ4n) is 7.55. The Morgan fingerprint density at radius 2 is 1.21 bits per heavy atom. The first-order chi connectivity index (χ1) is 23.3. The summed E-state index contributed by atoms with van der Waals surface area (Å²) in [6.07, 6.45) is 0. The number of H-pyrrole nitrogens is 1. The number of fused-ring (bicyclic) bond motifs is 7. The molecule has 0 bridgehead atoms. The molecule has 3 heterocycles. The van der Waals surface area contributed by atoms with Gasteiger partial charge in [-0.2, -0.15) is 0 Å². The molecule has 0 fully saturated rings. The molecule has 2 aliphatic heterocycles. The van der Waals surface area contributed by atoms with Crippen LogP contribution in [0, 0.1) is 0 Å². The van der Waals surface area contributed by atoms with E-state index >= 15 is 0 Å². The van der Waals surface area contributed by atoms with Gasteiger partial charge in [0, 0.05) is 54.4 Å². The van der Waals surface area contributed by atoms with Crippen molar-refractivity contribution in [2.45, 2.75) is 9.79 Å². The zero-order valence-corrected chi connectivity index (χ0v) is 26.3. The average molecular weight is 618 g/mol. The molecule has 0 radical (unpaired) electrons. The molecule has 1 aromatic heterocycles. The van der Waals surface area contributed by atoms with Gasteiger partial charge >= 0.3 is 0 Å². The number of para-hydroxylation sites is 6. The van der Waals surface area contributed by atoms with Crippen molar-refractivity contribution >= 4 is 85.9 Å². The predicted octanol–water partition coefficient (Wildman–Crippen LogP) is 10.1. The third-order valence-corrected chi connectivity index (χ3v) is 10.7. The van der Waals surface area contributed by atoms with Gasteiger partial charge in [0.1, 0.15) is 0 Å². The number of hydrogen-bond donors (Lipinski definition) is 1. The largest absolute Gasteiger partial charge is 0.354 e. The molecule has 0 saturated carbocycles. The number of rotatable bonds is 4. The number of aromatic amines is 1. The van der Waals surface area contributed by atoms with Crippen LogP contribution in [0.1, 0.15) is 0 Å². The Labute approximate surface area is 278 Å². The van der Waals surface area contributed by atoms with Crippen molar-refractivity contribution < 1.29 is 0 Å². The Morgan fingerprint density at radius 3 is 2.04 bits per heavy atom. The summed E-state index contributed by atoms with van der Waals surface area (Å²) in [4.78, 5) is 11.3. The van der Waals surface area contributed by atoms with Crippen molar-refractivity contribution in [1.82, 2.24) is 4.98 Å². The van der Waals surface area contributed by atoms with Crippen molar-refractivity contribution in [2.24, 2.45) is 0 Å². The summed E-state index contributed by atoms with van der Waals surface area (Å²) in [5, 5.41) is 2.50. The highest BCUT2D eigenvalue weighted by Crippen LogP contribution is 2.53. The van der Waals surface area contributed by atoms with Crippen LogP contribution in [0.5, 0.6) is 0 Å². The number of anilines is 6. The van der Waals surface area contributed by atoms with Crippen molar-refractivity contribution in [1.29, 1.82) is 0 Å². The average Bonchev–Trinajstić information content (AvgIpc) is 3.52. The molecular formula is C42H28BN3S.